The normalized spacial score (nSPS) is 15.2. The first kappa shape index (κ1) is 31.7. The number of rotatable bonds is 4. The zero-order valence-electron chi connectivity index (χ0n) is 31.7. The third kappa shape index (κ3) is 4.43. The van der Waals surface area contributed by atoms with Crippen molar-refractivity contribution < 1.29 is 0 Å². The van der Waals surface area contributed by atoms with Crippen molar-refractivity contribution in [2.45, 2.75) is 12.5 Å². The molecule has 3 aliphatic rings. The summed E-state index contributed by atoms with van der Waals surface area (Å²) in [5, 5.41) is 7.78. The van der Waals surface area contributed by atoms with Crippen molar-refractivity contribution >= 4 is 65.9 Å². The Labute approximate surface area is 336 Å². The van der Waals surface area contributed by atoms with Gasteiger partial charge in [0, 0.05) is 33.1 Å². The van der Waals surface area contributed by atoms with E-state index < -0.39 is 0 Å². The van der Waals surface area contributed by atoms with Gasteiger partial charge in [0.2, 0.25) is 0 Å². The van der Waals surface area contributed by atoms with E-state index in [0.717, 1.165) is 6.42 Å². The Hall–Kier alpha value is -7.42. The molecule has 0 amide bonds. The quantitative estimate of drug-likeness (QED) is 0.175. The van der Waals surface area contributed by atoms with E-state index in [1.54, 1.807) is 0 Å². The molecule has 0 saturated heterocycles. The summed E-state index contributed by atoms with van der Waals surface area (Å²) in [5.74, 6) is 0. The first-order valence-corrected chi connectivity index (χ1v) is 20.4. The van der Waals surface area contributed by atoms with E-state index in [1.165, 1.54) is 116 Å². The molecule has 270 valence electrons. The monoisotopic (exact) mass is 736 g/mol. The summed E-state index contributed by atoms with van der Waals surface area (Å²) < 4.78 is 2.45. The van der Waals surface area contributed by atoms with E-state index in [9.17, 15) is 0 Å². The van der Waals surface area contributed by atoms with Crippen molar-refractivity contribution in [3.8, 4) is 39.1 Å². The highest BCUT2D eigenvalue weighted by Gasteiger charge is 2.37. The lowest BCUT2D eigenvalue weighted by Gasteiger charge is -2.30. The number of nitrogens with zero attached hydrogens (tertiary/aromatic N) is 2. The third-order valence-electron chi connectivity index (χ3n) is 13.0. The van der Waals surface area contributed by atoms with Crippen molar-refractivity contribution in [3.63, 3.8) is 0 Å². The van der Waals surface area contributed by atoms with Gasteiger partial charge in [0.15, 0.2) is 0 Å². The molecule has 1 atom stereocenters. The van der Waals surface area contributed by atoms with Gasteiger partial charge < -0.3 is 9.47 Å². The van der Waals surface area contributed by atoms with E-state index in [1.807, 2.05) is 0 Å². The number of hydrogen-bond donors (Lipinski definition) is 0. The average molecular weight is 737 g/mol. The second-order valence-corrected chi connectivity index (χ2v) is 16.0. The lowest BCUT2D eigenvalue weighted by molar-refractivity contribution is 0.833. The molecule has 1 aromatic heterocycles. The fraction of sp³-hybridized carbons (Fsp3) is 0.0357. The number of para-hydroxylation sites is 2. The standard InChI is InChI=1S/C56H36N2/c1-2-14-39(15-3-1)58-54-31-26-37(34-51(54)49-27-24-35-12-4-5-17-42(35)56(49)58)36-25-30-53-50(33-36)45-20-8-9-23-52(45)57(53)40-16-10-13-38(32-40)41-28-29-48-44-19-7-6-18-43(44)47-22-11-21-46(41)55(47)48/h1-30,32-34,54H,31H2. The molecule has 1 aliphatic heterocycles. The van der Waals surface area contributed by atoms with Crippen LogP contribution in [0.25, 0.3) is 93.6 Å². The first-order valence-electron chi connectivity index (χ1n) is 20.4. The highest BCUT2D eigenvalue weighted by atomic mass is 15.2. The van der Waals surface area contributed by atoms with Crippen LogP contribution in [0, 0.1) is 0 Å². The van der Waals surface area contributed by atoms with Gasteiger partial charge in [0.1, 0.15) is 0 Å². The predicted molar refractivity (Wildman–Crippen MR) is 245 cm³/mol. The highest BCUT2D eigenvalue weighted by Crippen LogP contribution is 2.52. The van der Waals surface area contributed by atoms with E-state index in [-0.39, 0.29) is 6.04 Å². The molecule has 0 radical (unpaired) electrons. The fourth-order valence-corrected chi connectivity index (χ4v) is 10.5. The van der Waals surface area contributed by atoms with Crippen molar-refractivity contribution in [1.29, 1.82) is 0 Å². The van der Waals surface area contributed by atoms with Gasteiger partial charge >= 0.3 is 0 Å². The van der Waals surface area contributed by atoms with Crippen LogP contribution in [-0.4, -0.2) is 10.6 Å². The Kier molecular flexibility index (Phi) is 6.59. The summed E-state index contributed by atoms with van der Waals surface area (Å²) in [6.45, 7) is 0. The van der Waals surface area contributed by atoms with Gasteiger partial charge in [-0.15, -0.1) is 0 Å². The number of anilines is 2. The molecule has 0 bridgehead atoms. The number of allylic oxidation sites excluding steroid dienone is 2. The summed E-state index contributed by atoms with van der Waals surface area (Å²) in [5.41, 5.74) is 19.2. The molecule has 0 saturated carbocycles. The van der Waals surface area contributed by atoms with E-state index in [4.69, 9.17) is 0 Å². The molecule has 0 fully saturated rings. The van der Waals surface area contributed by atoms with Gasteiger partial charge in [-0.3, -0.25) is 0 Å². The smallest absolute Gasteiger partial charge is 0.0633 e. The van der Waals surface area contributed by atoms with Gasteiger partial charge in [-0.25, -0.2) is 0 Å². The highest BCUT2D eigenvalue weighted by molar-refractivity contribution is 6.19. The fourth-order valence-electron chi connectivity index (χ4n) is 10.5. The molecule has 2 heterocycles. The summed E-state index contributed by atoms with van der Waals surface area (Å²) >= 11 is 0. The second-order valence-electron chi connectivity index (χ2n) is 16.0. The van der Waals surface area contributed by atoms with Gasteiger partial charge in [-0.2, -0.15) is 0 Å². The molecule has 2 heteroatoms. The van der Waals surface area contributed by atoms with Crippen LogP contribution in [0.15, 0.2) is 200 Å². The van der Waals surface area contributed by atoms with Gasteiger partial charge in [-0.05, 0) is 121 Å². The molecule has 9 aromatic carbocycles. The lowest BCUT2D eigenvalue weighted by Crippen LogP contribution is -2.27. The molecule has 0 N–H and O–H groups in total. The molecule has 13 rings (SSSR count). The zero-order chi connectivity index (χ0) is 37.9. The van der Waals surface area contributed by atoms with Crippen LogP contribution in [0.4, 0.5) is 11.4 Å². The summed E-state index contributed by atoms with van der Waals surface area (Å²) in [4.78, 5) is 2.57. The Morgan fingerprint density at radius 2 is 1.09 bits per heavy atom. The van der Waals surface area contributed by atoms with E-state index >= 15 is 0 Å². The number of benzene rings is 9. The summed E-state index contributed by atoms with van der Waals surface area (Å²) in [6.07, 6.45) is 5.86. The Bertz CT molecular complexity index is 3400. The van der Waals surface area contributed by atoms with Crippen molar-refractivity contribution in [2.75, 3.05) is 4.90 Å². The molecule has 2 nitrogen and oxygen atoms in total. The lowest BCUT2D eigenvalue weighted by atomic mass is 9.88. The average Bonchev–Trinajstić information content (AvgIpc) is 3.93. The predicted octanol–water partition coefficient (Wildman–Crippen LogP) is 14.8. The topological polar surface area (TPSA) is 8.17 Å². The SMILES string of the molecule is C1=C(c2ccc3c(c2)c2ccccc2n3-c2cccc(-c3ccc4c5c(cccc35)-c3ccccc3-4)c2)C=C2c3ccc4ccccc4c3N(c3ccccc3)C2C1. The van der Waals surface area contributed by atoms with E-state index in [2.05, 4.69) is 210 Å². The maximum atomic E-state index is 2.57. The number of fused-ring (bicyclic) bond motifs is 11. The maximum Gasteiger partial charge on any atom is 0.0633 e. The molecular weight excluding hydrogens is 701 g/mol. The molecule has 2 aliphatic carbocycles. The molecule has 10 aromatic rings. The van der Waals surface area contributed by atoms with Crippen molar-refractivity contribution in [3.05, 3.63) is 211 Å². The Morgan fingerprint density at radius 1 is 0.414 bits per heavy atom. The van der Waals surface area contributed by atoms with Crippen LogP contribution in [0.5, 0.6) is 0 Å². The van der Waals surface area contributed by atoms with Crippen LogP contribution < -0.4 is 4.90 Å². The van der Waals surface area contributed by atoms with Crippen LogP contribution >= 0.6 is 0 Å². The first-order chi connectivity index (χ1) is 28.8. The maximum absolute atomic E-state index is 2.57. The minimum Gasteiger partial charge on any atom is -0.333 e. The van der Waals surface area contributed by atoms with Crippen molar-refractivity contribution in [1.82, 2.24) is 4.57 Å². The molecule has 58 heavy (non-hydrogen) atoms. The van der Waals surface area contributed by atoms with Crippen LogP contribution in [0.1, 0.15) is 17.5 Å². The molecule has 1 unspecified atom stereocenters. The Balaban J connectivity index is 0.928. The molecular formula is C56H36N2. The minimum absolute atomic E-state index is 0.249. The zero-order valence-corrected chi connectivity index (χ0v) is 31.7. The van der Waals surface area contributed by atoms with Gasteiger partial charge in [0.05, 0.1) is 22.8 Å². The summed E-state index contributed by atoms with van der Waals surface area (Å²) in [6, 6.07) is 69.9. The van der Waals surface area contributed by atoms with E-state index in [0.29, 0.717) is 0 Å². The van der Waals surface area contributed by atoms with Crippen LogP contribution in [-0.2, 0) is 0 Å². The molecule has 0 spiro atoms. The number of aromatic nitrogens is 1. The van der Waals surface area contributed by atoms with Crippen molar-refractivity contribution in [2.24, 2.45) is 0 Å². The largest absolute Gasteiger partial charge is 0.333 e. The van der Waals surface area contributed by atoms with Gasteiger partial charge in [-0.1, -0.05) is 152 Å². The third-order valence-corrected chi connectivity index (χ3v) is 13.0. The minimum atomic E-state index is 0.249. The Morgan fingerprint density at radius 3 is 1.98 bits per heavy atom. The van der Waals surface area contributed by atoms with Crippen LogP contribution in [0.2, 0.25) is 0 Å². The number of hydrogen-bond acceptors (Lipinski definition) is 1. The summed E-state index contributed by atoms with van der Waals surface area (Å²) in [7, 11) is 0. The second kappa shape index (κ2) is 12.0. The van der Waals surface area contributed by atoms with Crippen LogP contribution in [0.3, 0.4) is 0 Å². The van der Waals surface area contributed by atoms with Gasteiger partial charge in [0.25, 0.3) is 0 Å².